The maximum atomic E-state index is 13.3. The number of allylic oxidation sites excluding steroid dienone is 1. The van der Waals surface area contributed by atoms with Crippen LogP contribution in [0.2, 0.25) is 17.7 Å². The second-order valence-corrected chi connectivity index (χ2v) is 26.4. The van der Waals surface area contributed by atoms with E-state index in [1.165, 1.54) is 94.8 Å². The van der Waals surface area contributed by atoms with E-state index in [0.29, 0.717) is 6.42 Å². The summed E-state index contributed by atoms with van der Waals surface area (Å²) in [6.07, 6.45) is 22.4. The van der Waals surface area contributed by atoms with Crippen LogP contribution in [0.4, 0.5) is 4.79 Å². The molecule has 1 N–H and O–H groups in total. The Morgan fingerprint density at radius 1 is 0.784 bits per heavy atom. The number of carbonyl (C=O) groups excluding carboxylic acids is 1. The number of unbranched alkanes of at least 4 members (excludes halogenated alkanes) is 9. The molecule has 0 aliphatic carbocycles. The van der Waals surface area contributed by atoms with Crippen LogP contribution in [0.25, 0.3) is 0 Å². The Hall–Kier alpha value is -0.231. The van der Waals surface area contributed by atoms with Gasteiger partial charge in [0.25, 0.3) is 0 Å². The van der Waals surface area contributed by atoms with E-state index in [-0.39, 0.29) is 18.7 Å². The van der Waals surface area contributed by atoms with Gasteiger partial charge in [-0.3, -0.25) is 0 Å². The number of rotatable bonds is 23. The molecule has 1 atom stereocenters. The zero-order valence-electron chi connectivity index (χ0n) is 26.1. The van der Waals surface area contributed by atoms with Gasteiger partial charge >= 0.3 is 224 Å². The summed E-state index contributed by atoms with van der Waals surface area (Å²) in [6, 6.07) is -0.00160. The summed E-state index contributed by atoms with van der Waals surface area (Å²) < 4.78 is 11.5. The Kier molecular flexibility index (Phi) is 22.4. The van der Waals surface area contributed by atoms with Crippen LogP contribution < -0.4 is 0 Å². The van der Waals surface area contributed by atoms with Crippen molar-refractivity contribution in [3.63, 3.8) is 0 Å². The molecule has 0 aromatic carbocycles. The van der Waals surface area contributed by atoms with Crippen LogP contribution in [0, 0.1) is 0 Å². The Labute approximate surface area is 236 Å². The second kappa shape index (κ2) is 22.6. The number of aliphatic hydroxyl groups excluding tert-OH is 1. The van der Waals surface area contributed by atoms with Crippen molar-refractivity contribution in [3.8, 4) is 0 Å². The molecular weight excluding hydrogens is 565 g/mol. The molecule has 0 heterocycles. The molecule has 4 nitrogen and oxygen atoms in total. The summed E-state index contributed by atoms with van der Waals surface area (Å²) in [5.74, 6) is 0. The first-order valence-electron chi connectivity index (χ1n) is 16.0. The van der Waals surface area contributed by atoms with Gasteiger partial charge in [0.05, 0.1) is 0 Å². The molecule has 0 saturated carbocycles. The molecule has 0 unspecified atom stereocenters. The zero-order valence-corrected chi connectivity index (χ0v) is 28.9. The predicted molar refractivity (Wildman–Crippen MR) is 165 cm³/mol. The molecule has 220 valence electrons. The van der Waals surface area contributed by atoms with Gasteiger partial charge in [-0.1, -0.05) is 13.3 Å². The fraction of sp³-hybridized carbons (Fsp3) is 0.906. The van der Waals surface area contributed by atoms with Gasteiger partial charge in [0.15, 0.2) is 0 Å². The summed E-state index contributed by atoms with van der Waals surface area (Å²) in [7, 11) is 0. The molecule has 0 aromatic rings. The molecule has 0 bridgehead atoms. The van der Waals surface area contributed by atoms with Gasteiger partial charge in [0.1, 0.15) is 0 Å². The molecule has 0 radical (unpaired) electrons. The predicted octanol–water partition coefficient (Wildman–Crippen LogP) is 10.5. The third-order valence-electron chi connectivity index (χ3n) is 7.60. The fourth-order valence-electron chi connectivity index (χ4n) is 5.31. The summed E-state index contributed by atoms with van der Waals surface area (Å²) in [4.78, 5) is 15.2. The Balaban J connectivity index is 5.63. The van der Waals surface area contributed by atoms with Gasteiger partial charge in [0, 0.05) is 0 Å². The quantitative estimate of drug-likeness (QED) is 0.0903. The zero-order chi connectivity index (χ0) is 28.0. The Bertz CT molecular complexity index is 551. The van der Waals surface area contributed by atoms with Gasteiger partial charge in [-0.05, 0) is 0 Å². The number of aliphatic hydroxyl groups is 1. The van der Waals surface area contributed by atoms with Crippen LogP contribution in [-0.2, 0) is 4.74 Å². The Morgan fingerprint density at radius 3 is 1.73 bits per heavy atom. The first kappa shape index (κ1) is 36.8. The number of nitrogens with zero attached hydrogens (tertiary/aromatic N) is 1. The first-order chi connectivity index (χ1) is 17.7. The molecule has 5 heteroatoms. The van der Waals surface area contributed by atoms with Crippen LogP contribution >= 0.6 is 0 Å². The van der Waals surface area contributed by atoms with Crippen LogP contribution in [0.3, 0.4) is 0 Å². The molecule has 0 aliphatic rings. The van der Waals surface area contributed by atoms with E-state index in [4.69, 9.17) is 4.74 Å². The van der Waals surface area contributed by atoms with Crippen molar-refractivity contribution in [1.82, 2.24) is 4.90 Å². The van der Waals surface area contributed by atoms with E-state index in [2.05, 4.69) is 40.0 Å². The van der Waals surface area contributed by atoms with E-state index < -0.39 is 24.0 Å². The molecular formula is C32H65NO3Sn. The first-order valence-corrected chi connectivity index (χ1v) is 24.0. The summed E-state index contributed by atoms with van der Waals surface area (Å²) in [5.41, 5.74) is -0.529. The topological polar surface area (TPSA) is 49.8 Å². The third-order valence-corrected chi connectivity index (χ3v) is 22.9. The minimum atomic E-state index is -2.32. The van der Waals surface area contributed by atoms with Crippen molar-refractivity contribution in [2.75, 3.05) is 6.61 Å². The van der Waals surface area contributed by atoms with E-state index >= 15 is 0 Å². The SMILES string of the molecule is CCCCCCCCC[C@H](CCO)N(/C=C\[CH2][Sn]([CH2]CCC)([CH2]CCC)[CH2]CCC)C(=O)OC(C)(C)C. The molecule has 0 rings (SSSR count). The second-order valence-electron chi connectivity index (χ2n) is 12.4. The van der Waals surface area contributed by atoms with Crippen LogP contribution in [0.5, 0.6) is 0 Å². The van der Waals surface area contributed by atoms with Gasteiger partial charge in [-0.15, -0.1) is 0 Å². The number of hydrogen-bond acceptors (Lipinski definition) is 3. The van der Waals surface area contributed by atoms with Crippen molar-refractivity contribution < 1.29 is 14.6 Å². The normalized spacial score (nSPS) is 13.3. The van der Waals surface area contributed by atoms with Gasteiger partial charge < -0.3 is 0 Å². The maximum absolute atomic E-state index is 13.3. The van der Waals surface area contributed by atoms with Gasteiger partial charge in [-0.25, -0.2) is 0 Å². The third kappa shape index (κ3) is 18.6. The van der Waals surface area contributed by atoms with E-state index in [9.17, 15) is 9.90 Å². The van der Waals surface area contributed by atoms with Crippen molar-refractivity contribution in [1.29, 1.82) is 0 Å². The van der Waals surface area contributed by atoms with Gasteiger partial charge in [-0.2, -0.15) is 0 Å². The number of hydrogen-bond donors (Lipinski definition) is 1. The standard InChI is InChI=1S/C20H38NO3.3C4H9.Sn/c1-6-8-9-10-11-12-13-14-18(15-17-22)21(16-7-2)19(23)24-20(3,4)5;3*1-3-4-2;/h7,16,18,22H,2,6,8-15,17H2,1,3-5H3;3*1,3-4H2,2H3;/b16-7-;;;;/t18-;;;;/m1..../s1. The van der Waals surface area contributed by atoms with Crippen molar-refractivity contribution in [2.24, 2.45) is 0 Å². The number of carbonyl (C=O) groups is 1. The average Bonchev–Trinajstić information content (AvgIpc) is 2.85. The van der Waals surface area contributed by atoms with E-state index in [1.54, 1.807) is 0 Å². The molecule has 0 aliphatic heterocycles. The monoisotopic (exact) mass is 631 g/mol. The van der Waals surface area contributed by atoms with Crippen molar-refractivity contribution in [3.05, 3.63) is 12.3 Å². The van der Waals surface area contributed by atoms with Crippen molar-refractivity contribution in [2.45, 2.75) is 174 Å². The van der Waals surface area contributed by atoms with Crippen LogP contribution in [0.1, 0.15) is 145 Å². The fourth-order valence-corrected chi connectivity index (χ4v) is 20.4. The Morgan fingerprint density at radius 2 is 1.27 bits per heavy atom. The molecule has 37 heavy (non-hydrogen) atoms. The van der Waals surface area contributed by atoms with Crippen LogP contribution in [0.15, 0.2) is 12.3 Å². The number of amides is 1. The van der Waals surface area contributed by atoms with E-state index in [0.717, 1.165) is 12.8 Å². The average molecular weight is 631 g/mol. The molecule has 0 spiro atoms. The van der Waals surface area contributed by atoms with E-state index in [1.807, 2.05) is 25.7 Å². The minimum absolute atomic E-state index is 0.00160. The summed E-state index contributed by atoms with van der Waals surface area (Å²) in [5, 5.41) is 9.85. The van der Waals surface area contributed by atoms with Gasteiger partial charge in [0.2, 0.25) is 0 Å². The van der Waals surface area contributed by atoms with Crippen LogP contribution in [-0.4, -0.2) is 52.7 Å². The molecule has 0 saturated heterocycles. The molecule has 0 aromatic heterocycles. The summed E-state index contributed by atoms with van der Waals surface area (Å²) in [6.45, 7) is 15.1. The molecule has 0 fully saturated rings. The van der Waals surface area contributed by atoms with Crippen molar-refractivity contribution >= 4 is 24.5 Å². The molecule has 1 amide bonds. The number of ether oxygens (including phenoxy) is 1. The summed E-state index contributed by atoms with van der Waals surface area (Å²) >= 11 is -2.32.